The zero-order valence-corrected chi connectivity index (χ0v) is 11.0. The van der Waals surface area contributed by atoms with Crippen molar-refractivity contribution in [1.82, 2.24) is 4.98 Å². The molecule has 0 bridgehead atoms. The van der Waals surface area contributed by atoms with Gasteiger partial charge in [-0.1, -0.05) is 22.0 Å². The molecule has 1 atom stereocenters. The Morgan fingerprint density at radius 3 is 2.75 bits per heavy atom. The first kappa shape index (κ1) is 11.4. The largest absolute Gasteiger partial charge is 0.468 e. The average molecular weight is 280 g/mol. The second-order valence-electron chi connectivity index (χ2n) is 3.91. The van der Waals surface area contributed by atoms with Crippen LogP contribution in [-0.4, -0.2) is 4.98 Å². The molecule has 3 heteroatoms. The van der Waals surface area contributed by atoms with Crippen LogP contribution in [0.25, 0.3) is 0 Å². The molecule has 0 aromatic carbocycles. The van der Waals surface area contributed by atoms with E-state index in [2.05, 4.69) is 40.8 Å². The Morgan fingerprint density at radius 2 is 2.12 bits per heavy atom. The molecule has 0 spiro atoms. The van der Waals surface area contributed by atoms with Crippen molar-refractivity contribution in [2.24, 2.45) is 0 Å². The maximum absolute atomic E-state index is 5.46. The van der Waals surface area contributed by atoms with Crippen molar-refractivity contribution in [1.29, 1.82) is 0 Å². The van der Waals surface area contributed by atoms with Crippen LogP contribution in [0.1, 0.15) is 27.4 Å². The summed E-state index contributed by atoms with van der Waals surface area (Å²) in [4.78, 5) is 4.58. The lowest BCUT2D eigenvalue weighted by Crippen LogP contribution is -2.00. The molecule has 0 saturated heterocycles. The van der Waals surface area contributed by atoms with E-state index >= 15 is 0 Å². The fraction of sp³-hybridized carbons (Fsp3) is 0.308. The molecule has 0 fully saturated rings. The summed E-state index contributed by atoms with van der Waals surface area (Å²) in [6, 6.07) is 6.02. The first-order valence-corrected chi connectivity index (χ1v) is 6.18. The minimum absolute atomic E-state index is 0.191. The highest BCUT2D eigenvalue weighted by Crippen LogP contribution is 2.30. The molecule has 0 saturated carbocycles. The van der Waals surface area contributed by atoms with E-state index in [1.807, 2.05) is 18.3 Å². The third-order valence-corrected chi connectivity index (χ3v) is 3.42. The van der Waals surface area contributed by atoms with Gasteiger partial charge in [-0.05, 0) is 37.1 Å². The fourth-order valence-electron chi connectivity index (χ4n) is 1.70. The van der Waals surface area contributed by atoms with Gasteiger partial charge in [0.05, 0.1) is 11.1 Å². The van der Waals surface area contributed by atoms with Crippen LogP contribution in [-0.2, 0) is 6.42 Å². The Morgan fingerprint density at radius 1 is 1.31 bits per heavy atom. The third-order valence-electron chi connectivity index (χ3n) is 2.68. The second kappa shape index (κ2) is 4.83. The number of halogens is 1. The van der Waals surface area contributed by atoms with Gasteiger partial charge >= 0.3 is 0 Å². The van der Waals surface area contributed by atoms with Crippen molar-refractivity contribution in [3.63, 3.8) is 0 Å². The molecule has 0 aliphatic heterocycles. The Bertz CT molecular complexity index is 478. The average Bonchev–Trinajstić information content (AvgIpc) is 2.68. The van der Waals surface area contributed by atoms with Crippen LogP contribution < -0.4 is 0 Å². The van der Waals surface area contributed by atoms with Gasteiger partial charge in [-0.15, -0.1) is 0 Å². The fourth-order valence-corrected chi connectivity index (χ4v) is 2.48. The number of rotatable bonds is 3. The standard InChI is InChI=1S/C13H14BrNO/c1-9-4-3-6-15-12(9)8-11(14)13-10(2)5-7-16-13/h3-7,11H,8H2,1-2H3. The van der Waals surface area contributed by atoms with Crippen LogP contribution in [0.2, 0.25) is 0 Å². The zero-order valence-electron chi connectivity index (χ0n) is 9.40. The van der Waals surface area contributed by atoms with Gasteiger partial charge in [0.2, 0.25) is 0 Å². The van der Waals surface area contributed by atoms with E-state index in [0.29, 0.717) is 0 Å². The Balaban J connectivity index is 2.17. The lowest BCUT2D eigenvalue weighted by molar-refractivity contribution is 0.503. The minimum atomic E-state index is 0.191. The van der Waals surface area contributed by atoms with Crippen LogP contribution in [0, 0.1) is 13.8 Å². The molecule has 16 heavy (non-hydrogen) atoms. The van der Waals surface area contributed by atoms with Crippen molar-refractivity contribution in [3.8, 4) is 0 Å². The summed E-state index contributed by atoms with van der Waals surface area (Å²) >= 11 is 3.65. The number of aromatic nitrogens is 1. The molecule has 0 N–H and O–H groups in total. The van der Waals surface area contributed by atoms with Crippen LogP contribution in [0.4, 0.5) is 0 Å². The maximum Gasteiger partial charge on any atom is 0.120 e. The number of hydrogen-bond donors (Lipinski definition) is 0. The van der Waals surface area contributed by atoms with Gasteiger partial charge in [-0.25, -0.2) is 0 Å². The lowest BCUT2D eigenvalue weighted by atomic mass is 10.1. The van der Waals surface area contributed by atoms with E-state index < -0.39 is 0 Å². The first-order chi connectivity index (χ1) is 7.68. The Kier molecular flexibility index (Phi) is 3.44. The molecule has 2 heterocycles. The Labute approximate surface area is 104 Å². The van der Waals surface area contributed by atoms with Crippen molar-refractivity contribution >= 4 is 15.9 Å². The van der Waals surface area contributed by atoms with E-state index in [9.17, 15) is 0 Å². The van der Waals surface area contributed by atoms with Gasteiger partial charge in [0.25, 0.3) is 0 Å². The third kappa shape index (κ3) is 2.35. The van der Waals surface area contributed by atoms with Gasteiger partial charge in [0.15, 0.2) is 0 Å². The van der Waals surface area contributed by atoms with Gasteiger partial charge in [-0.2, -0.15) is 0 Å². The number of furan rings is 1. The molecule has 0 aliphatic rings. The summed E-state index contributed by atoms with van der Waals surface area (Å²) < 4.78 is 5.46. The molecule has 2 aromatic rings. The van der Waals surface area contributed by atoms with Crippen molar-refractivity contribution in [2.75, 3.05) is 0 Å². The molecular formula is C13H14BrNO. The van der Waals surface area contributed by atoms with Crippen LogP contribution in [0.3, 0.4) is 0 Å². The number of hydrogen-bond acceptors (Lipinski definition) is 2. The van der Waals surface area contributed by atoms with Crippen LogP contribution in [0.5, 0.6) is 0 Å². The van der Waals surface area contributed by atoms with Crippen molar-refractivity contribution in [3.05, 3.63) is 53.2 Å². The summed E-state index contributed by atoms with van der Waals surface area (Å²) in [7, 11) is 0. The SMILES string of the molecule is Cc1cccnc1CC(Br)c1occc1C. The van der Waals surface area contributed by atoms with E-state index in [-0.39, 0.29) is 4.83 Å². The molecule has 2 aromatic heterocycles. The minimum Gasteiger partial charge on any atom is -0.468 e. The van der Waals surface area contributed by atoms with Crippen molar-refractivity contribution in [2.45, 2.75) is 25.1 Å². The monoisotopic (exact) mass is 279 g/mol. The molecule has 1 unspecified atom stereocenters. The van der Waals surface area contributed by atoms with E-state index in [4.69, 9.17) is 4.42 Å². The number of pyridine rings is 1. The summed E-state index contributed by atoms with van der Waals surface area (Å²) in [6.45, 7) is 4.13. The highest BCUT2D eigenvalue weighted by atomic mass is 79.9. The molecule has 0 amide bonds. The number of alkyl halides is 1. The highest BCUT2D eigenvalue weighted by Gasteiger charge is 2.15. The molecule has 0 radical (unpaired) electrons. The molecule has 0 aliphatic carbocycles. The quantitative estimate of drug-likeness (QED) is 0.795. The van der Waals surface area contributed by atoms with Gasteiger partial charge in [-0.3, -0.25) is 4.98 Å². The highest BCUT2D eigenvalue weighted by molar-refractivity contribution is 9.09. The van der Waals surface area contributed by atoms with E-state index in [0.717, 1.165) is 17.9 Å². The lowest BCUT2D eigenvalue weighted by Gasteiger charge is -2.09. The predicted octanol–water partition coefficient (Wildman–Crippen LogP) is 3.97. The zero-order chi connectivity index (χ0) is 11.5. The van der Waals surface area contributed by atoms with Crippen molar-refractivity contribution < 1.29 is 4.42 Å². The number of nitrogens with zero attached hydrogens (tertiary/aromatic N) is 1. The van der Waals surface area contributed by atoms with E-state index in [1.165, 1.54) is 11.1 Å². The van der Waals surface area contributed by atoms with Crippen LogP contribution >= 0.6 is 15.9 Å². The van der Waals surface area contributed by atoms with Crippen LogP contribution in [0.15, 0.2) is 35.1 Å². The summed E-state index contributed by atoms with van der Waals surface area (Å²) in [5, 5.41) is 0. The number of aryl methyl sites for hydroxylation is 2. The summed E-state index contributed by atoms with van der Waals surface area (Å²) in [6.07, 6.45) is 4.41. The maximum atomic E-state index is 5.46. The van der Waals surface area contributed by atoms with Gasteiger partial charge in [0, 0.05) is 18.3 Å². The second-order valence-corrected chi connectivity index (χ2v) is 5.01. The smallest absolute Gasteiger partial charge is 0.120 e. The molecule has 2 rings (SSSR count). The normalized spacial score (nSPS) is 12.7. The van der Waals surface area contributed by atoms with E-state index in [1.54, 1.807) is 6.26 Å². The summed E-state index contributed by atoms with van der Waals surface area (Å²) in [5.74, 6) is 0.991. The summed E-state index contributed by atoms with van der Waals surface area (Å²) in [5.41, 5.74) is 3.51. The van der Waals surface area contributed by atoms with Gasteiger partial charge < -0.3 is 4.42 Å². The molecule has 84 valence electrons. The first-order valence-electron chi connectivity index (χ1n) is 5.27. The molecular weight excluding hydrogens is 266 g/mol. The topological polar surface area (TPSA) is 26.0 Å². The molecule has 2 nitrogen and oxygen atoms in total. The van der Waals surface area contributed by atoms with Gasteiger partial charge in [0.1, 0.15) is 5.76 Å². The Hall–Kier alpha value is -1.09. The predicted molar refractivity (Wildman–Crippen MR) is 67.8 cm³/mol.